The quantitative estimate of drug-likeness (QED) is 0.278. The first kappa shape index (κ1) is 25.2. The molecule has 0 bridgehead atoms. The van der Waals surface area contributed by atoms with Gasteiger partial charge in [-0.25, -0.2) is 9.18 Å². The van der Waals surface area contributed by atoms with Gasteiger partial charge >= 0.3 is 12.3 Å². The highest BCUT2D eigenvalue weighted by atomic mass is 35.5. The van der Waals surface area contributed by atoms with E-state index < -0.39 is 29.2 Å². The van der Waals surface area contributed by atoms with Crippen molar-refractivity contribution in [2.75, 3.05) is 0 Å². The molecule has 1 amide bonds. The summed E-state index contributed by atoms with van der Waals surface area (Å²) in [5.41, 5.74) is -2.34. The number of carbonyl (C=O) groups excluding carboxylic acids is 1. The molecule has 1 heterocycles. The Balaban J connectivity index is 1.91. The molecule has 0 spiro atoms. The van der Waals surface area contributed by atoms with Gasteiger partial charge in [0.05, 0.1) is 16.3 Å². The fraction of sp³-hybridized carbons (Fsp3) is 0.111. The zero-order valence-corrected chi connectivity index (χ0v) is 19.4. The number of nitrogens with one attached hydrogen (secondary N) is 1. The van der Waals surface area contributed by atoms with Crippen LogP contribution >= 0.6 is 11.6 Å². The number of benzene rings is 3. The van der Waals surface area contributed by atoms with Crippen LogP contribution in [-0.2, 0) is 18.1 Å². The minimum atomic E-state index is -4.83. The van der Waals surface area contributed by atoms with Crippen LogP contribution in [0.4, 0.5) is 22.4 Å². The summed E-state index contributed by atoms with van der Waals surface area (Å²) in [5, 5.41) is 2.96. The molecule has 0 fully saturated rings. The van der Waals surface area contributed by atoms with Gasteiger partial charge in [0.15, 0.2) is 0 Å². The van der Waals surface area contributed by atoms with Gasteiger partial charge in [-0.05, 0) is 53.6 Å². The molecule has 0 unspecified atom stereocenters. The average Bonchev–Trinajstić information content (AvgIpc) is 2.84. The van der Waals surface area contributed by atoms with Crippen molar-refractivity contribution in [2.45, 2.75) is 18.1 Å². The molecule has 4 aromatic rings. The number of alkyl halides is 3. The smallest absolute Gasteiger partial charge is 0.410 e. The molecular formula is C27H19ClF4N2O2. The summed E-state index contributed by atoms with van der Waals surface area (Å²) < 4.78 is 61.0. The Morgan fingerprint density at radius 3 is 2.14 bits per heavy atom. The number of hydrogen-bond acceptors (Lipinski definition) is 3. The molecule has 0 aliphatic rings. The van der Waals surface area contributed by atoms with Gasteiger partial charge in [-0.1, -0.05) is 60.1 Å². The van der Waals surface area contributed by atoms with Crippen molar-refractivity contribution >= 4 is 17.7 Å². The zero-order valence-electron chi connectivity index (χ0n) is 18.6. The number of pyridine rings is 1. The van der Waals surface area contributed by atoms with E-state index in [0.29, 0.717) is 11.6 Å². The number of nitrogens with zero attached hydrogens (tertiary/aromatic N) is 1. The lowest BCUT2D eigenvalue weighted by Gasteiger charge is -2.35. The molecule has 0 saturated carbocycles. The van der Waals surface area contributed by atoms with E-state index >= 15 is 0 Å². The first-order valence-corrected chi connectivity index (χ1v) is 11.1. The molecule has 0 radical (unpaired) electrons. The second-order valence-electron chi connectivity index (χ2n) is 7.98. The molecule has 9 heteroatoms. The van der Waals surface area contributed by atoms with E-state index in [-0.39, 0.29) is 28.5 Å². The third-order valence-electron chi connectivity index (χ3n) is 5.46. The minimum absolute atomic E-state index is 0.0624. The summed E-state index contributed by atoms with van der Waals surface area (Å²) in [7, 11) is 0. The van der Waals surface area contributed by atoms with Crippen molar-refractivity contribution < 1.29 is 27.1 Å². The van der Waals surface area contributed by atoms with Gasteiger partial charge in [0, 0.05) is 12.6 Å². The molecule has 4 rings (SSSR count). The van der Waals surface area contributed by atoms with E-state index in [1.54, 1.807) is 60.7 Å². The number of ether oxygens (including phenoxy) is 1. The van der Waals surface area contributed by atoms with Crippen molar-refractivity contribution in [3.8, 4) is 5.75 Å². The van der Waals surface area contributed by atoms with E-state index in [0.717, 1.165) is 12.1 Å². The van der Waals surface area contributed by atoms with Crippen LogP contribution < -0.4 is 10.1 Å². The van der Waals surface area contributed by atoms with Crippen molar-refractivity contribution in [1.29, 1.82) is 0 Å². The third kappa shape index (κ3) is 5.83. The molecule has 0 aliphatic carbocycles. The highest BCUT2D eigenvalue weighted by Crippen LogP contribution is 2.38. The summed E-state index contributed by atoms with van der Waals surface area (Å²) in [4.78, 5) is 17.4. The molecule has 184 valence electrons. The summed E-state index contributed by atoms with van der Waals surface area (Å²) in [5.74, 6) is -0.910. The number of halogens is 5. The fourth-order valence-corrected chi connectivity index (χ4v) is 3.96. The van der Waals surface area contributed by atoms with Crippen LogP contribution in [0, 0.1) is 5.82 Å². The maximum atomic E-state index is 14.6. The predicted molar refractivity (Wildman–Crippen MR) is 127 cm³/mol. The zero-order chi connectivity index (χ0) is 25.8. The number of amides is 1. The Kier molecular flexibility index (Phi) is 7.26. The van der Waals surface area contributed by atoms with Crippen LogP contribution in [0.25, 0.3) is 0 Å². The Morgan fingerprint density at radius 2 is 1.53 bits per heavy atom. The molecule has 3 aromatic carbocycles. The molecular weight excluding hydrogens is 496 g/mol. The third-order valence-corrected chi connectivity index (χ3v) is 5.69. The summed E-state index contributed by atoms with van der Waals surface area (Å²) in [6.07, 6.45) is -4.56. The van der Waals surface area contributed by atoms with Crippen molar-refractivity contribution in [1.82, 2.24) is 10.3 Å². The number of carbonyl (C=O) groups is 1. The van der Waals surface area contributed by atoms with E-state index in [1.165, 1.54) is 18.3 Å². The van der Waals surface area contributed by atoms with Crippen LogP contribution in [0.5, 0.6) is 5.75 Å². The van der Waals surface area contributed by atoms with Crippen LogP contribution in [0.3, 0.4) is 0 Å². The van der Waals surface area contributed by atoms with Gasteiger partial charge in [0.2, 0.25) is 0 Å². The topological polar surface area (TPSA) is 51.2 Å². The molecule has 4 nitrogen and oxygen atoms in total. The van der Waals surface area contributed by atoms with E-state index in [4.69, 9.17) is 16.3 Å². The second-order valence-corrected chi connectivity index (χ2v) is 8.42. The lowest BCUT2D eigenvalue weighted by molar-refractivity contribution is -0.137. The monoisotopic (exact) mass is 514 g/mol. The highest BCUT2D eigenvalue weighted by Gasteiger charge is 2.41. The molecule has 1 aromatic heterocycles. The van der Waals surface area contributed by atoms with Crippen molar-refractivity contribution in [3.63, 3.8) is 0 Å². The molecule has 1 N–H and O–H groups in total. The Bertz CT molecular complexity index is 1330. The number of para-hydroxylation sites is 1. The molecule has 36 heavy (non-hydrogen) atoms. The first-order chi connectivity index (χ1) is 17.2. The highest BCUT2D eigenvalue weighted by molar-refractivity contribution is 6.30. The standard InChI is InChI=1S/C27H19ClF4N2O2/c28-21-11-12-24(33-17-21)26(16-18-7-3-1-4-8-18,34-25(35)36-23-9-5-2-6-10-23)19-13-20(27(30,31)32)15-22(29)14-19/h1-15,17H,16H2,(H,34,35)/t26-/m0/s1. The fourth-order valence-electron chi connectivity index (χ4n) is 3.85. The van der Waals surface area contributed by atoms with Crippen molar-refractivity contribution in [3.05, 3.63) is 130 Å². The van der Waals surface area contributed by atoms with E-state index in [1.807, 2.05) is 0 Å². The molecule has 1 atom stereocenters. The molecule has 0 saturated heterocycles. The predicted octanol–water partition coefficient (Wildman–Crippen LogP) is 7.17. The number of hydrogen-bond donors (Lipinski definition) is 1. The molecule has 0 aliphatic heterocycles. The normalized spacial score (nSPS) is 13.0. The summed E-state index contributed by atoms with van der Waals surface area (Å²) >= 11 is 6.01. The Hall–Kier alpha value is -3.91. The van der Waals surface area contributed by atoms with Crippen LogP contribution in [-0.4, -0.2) is 11.1 Å². The van der Waals surface area contributed by atoms with Crippen LogP contribution in [0.1, 0.15) is 22.4 Å². The van der Waals surface area contributed by atoms with E-state index in [2.05, 4.69) is 10.3 Å². The maximum Gasteiger partial charge on any atom is 0.416 e. The van der Waals surface area contributed by atoms with Gasteiger partial charge in [-0.15, -0.1) is 0 Å². The largest absolute Gasteiger partial charge is 0.416 e. The van der Waals surface area contributed by atoms with Gasteiger partial charge in [0.25, 0.3) is 0 Å². The second kappa shape index (κ2) is 10.4. The average molecular weight is 515 g/mol. The first-order valence-electron chi connectivity index (χ1n) is 10.7. The van der Waals surface area contributed by atoms with Gasteiger partial charge in [-0.3, -0.25) is 4.98 Å². The number of aromatic nitrogens is 1. The minimum Gasteiger partial charge on any atom is -0.410 e. The SMILES string of the molecule is O=C(N[C@@](Cc1ccccc1)(c1cc(F)cc(C(F)(F)F)c1)c1ccc(Cl)cn1)Oc1ccccc1. The summed E-state index contributed by atoms with van der Waals surface area (Å²) in [6, 6.07) is 21.9. The Morgan fingerprint density at radius 1 is 0.889 bits per heavy atom. The lowest BCUT2D eigenvalue weighted by atomic mass is 9.80. The number of rotatable bonds is 6. The Labute approximate surface area is 209 Å². The van der Waals surface area contributed by atoms with Gasteiger partial charge in [0.1, 0.15) is 17.1 Å². The maximum absolute atomic E-state index is 14.6. The van der Waals surface area contributed by atoms with Gasteiger partial charge in [-0.2, -0.15) is 13.2 Å². The van der Waals surface area contributed by atoms with Gasteiger partial charge < -0.3 is 10.1 Å². The summed E-state index contributed by atoms with van der Waals surface area (Å²) in [6.45, 7) is 0. The van der Waals surface area contributed by atoms with Crippen molar-refractivity contribution in [2.24, 2.45) is 0 Å². The van der Waals surface area contributed by atoms with E-state index in [9.17, 15) is 22.4 Å². The van der Waals surface area contributed by atoms with Crippen LogP contribution in [0.15, 0.2) is 97.2 Å². The van der Waals surface area contributed by atoms with Crippen LogP contribution in [0.2, 0.25) is 5.02 Å². The lowest BCUT2D eigenvalue weighted by Crippen LogP contribution is -2.50.